The Balaban J connectivity index is 1.79. The zero-order chi connectivity index (χ0) is 20.1. The molecule has 0 aromatic carbocycles. The first kappa shape index (κ1) is 20.3. The smallest absolute Gasteiger partial charge is 0.351 e. The summed E-state index contributed by atoms with van der Waals surface area (Å²) in [4.78, 5) is 48.0. The summed E-state index contributed by atoms with van der Waals surface area (Å²) >= 11 is 2.54. The van der Waals surface area contributed by atoms with Crippen LogP contribution in [0.3, 0.4) is 0 Å². The van der Waals surface area contributed by atoms with Gasteiger partial charge in [-0.3, -0.25) is 18.9 Å². The molecule has 0 bridgehead atoms. The molecular formula is C15H19N2O7PS2. The van der Waals surface area contributed by atoms with Gasteiger partial charge in [0.15, 0.2) is 5.92 Å². The quantitative estimate of drug-likeness (QED) is 0.346. The summed E-state index contributed by atoms with van der Waals surface area (Å²) in [7, 11) is -2.97. The number of β-lactam (4-membered cyclic amide) rings is 1. The van der Waals surface area contributed by atoms with Crippen molar-refractivity contribution in [2.45, 2.75) is 41.7 Å². The molecule has 2 saturated heterocycles. The Bertz CT molecular complexity index is 828. The summed E-state index contributed by atoms with van der Waals surface area (Å²) in [5.74, 6) is -5.10. The Morgan fingerprint density at radius 1 is 1.44 bits per heavy atom. The van der Waals surface area contributed by atoms with Crippen LogP contribution in [0.1, 0.15) is 25.3 Å². The van der Waals surface area contributed by atoms with E-state index in [9.17, 15) is 28.9 Å². The summed E-state index contributed by atoms with van der Waals surface area (Å²) in [6.07, 6.45) is 0. The molecule has 3 N–H and O–H groups in total. The highest BCUT2D eigenvalue weighted by atomic mass is 32.2. The molecule has 2 aliphatic heterocycles. The number of nitrogens with one attached hydrogen (secondary N) is 1. The van der Waals surface area contributed by atoms with Crippen molar-refractivity contribution < 1.29 is 33.5 Å². The Morgan fingerprint density at radius 2 is 2.11 bits per heavy atom. The first-order valence-corrected chi connectivity index (χ1v) is 11.4. The molecule has 27 heavy (non-hydrogen) atoms. The van der Waals surface area contributed by atoms with Crippen LogP contribution in [-0.4, -0.2) is 61.7 Å². The molecule has 2 aliphatic rings. The minimum absolute atomic E-state index is 0.338. The Kier molecular flexibility index (Phi) is 5.19. The number of carboxylic acids is 1. The lowest BCUT2D eigenvalue weighted by Gasteiger charge is -2.45. The zero-order valence-corrected chi connectivity index (χ0v) is 17.2. The van der Waals surface area contributed by atoms with Crippen molar-refractivity contribution in [3.63, 3.8) is 0 Å². The van der Waals surface area contributed by atoms with Crippen molar-refractivity contribution in [3.8, 4) is 0 Å². The number of aliphatic carboxylic acids is 1. The Hall–Kier alpha value is -1.39. The van der Waals surface area contributed by atoms with E-state index in [0.29, 0.717) is 5.56 Å². The van der Waals surface area contributed by atoms with E-state index >= 15 is 0 Å². The monoisotopic (exact) mass is 434 g/mol. The Labute approximate surface area is 163 Å². The maximum atomic E-state index is 12.6. The molecule has 1 aromatic rings. The molecule has 2 fully saturated rings. The third-order valence-corrected chi connectivity index (χ3v) is 9.13. The van der Waals surface area contributed by atoms with Gasteiger partial charge in [0.1, 0.15) is 17.2 Å². The van der Waals surface area contributed by atoms with Gasteiger partial charge in [0, 0.05) is 11.9 Å². The second-order valence-corrected chi connectivity index (χ2v) is 11.3. The molecule has 148 valence electrons. The molecule has 0 radical (unpaired) electrons. The van der Waals surface area contributed by atoms with E-state index in [2.05, 4.69) is 5.32 Å². The third-order valence-electron chi connectivity index (χ3n) is 4.64. The lowest BCUT2D eigenvalue weighted by Crippen LogP contribution is -2.69. The molecule has 1 aromatic heterocycles. The van der Waals surface area contributed by atoms with Gasteiger partial charge >= 0.3 is 13.6 Å². The van der Waals surface area contributed by atoms with Crippen molar-refractivity contribution in [1.82, 2.24) is 10.2 Å². The molecule has 0 saturated carbocycles. The van der Waals surface area contributed by atoms with Gasteiger partial charge in [-0.15, -0.1) is 11.8 Å². The number of carbonyl (C=O) groups excluding carboxylic acids is 2. The van der Waals surface area contributed by atoms with E-state index in [-0.39, 0.29) is 0 Å². The minimum Gasteiger partial charge on any atom is -0.480 e. The number of fused-ring (bicyclic) bond motifs is 1. The fraction of sp³-hybridized carbons (Fsp3) is 0.533. The molecule has 5 atom stereocenters. The van der Waals surface area contributed by atoms with Crippen molar-refractivity contribution >= 4 is 48.5 Å². The van der Waals surface area contributed by atoms with Crippen LogP contribution in [-0.2, 0) is 23.5 Å². The molecule has 3 rings (SSSR count). The van der Waals surface area contributed by atoms with Crippen molar-refractivity contribution in [2.24, 2.45) is 0 Å². The largest absolute Gasteiger partial charge is 0.480 e. The van der Waals surface area contributed by atoms with Crippen LogP contribution in [0.5, 0.6) is 0 Å². The van der Waals surface area contributed by atoms with E-state index in [1.165, 1.54) is 28.0 Å². The maximum Gasteiger partial charge on any atom is 0.351 e. The molecule has 4 unspecified atom stereocenters. The van der Waals surface area contributed by atoms with Crippen molar-refractivity contribution in [3.05, 3.63) is 22.4 Å². The molecule has 12 heteroatoms. The number of carbonyl (C=O) groups is 3. The topological polar surface area (TPSA) is 133 Å². The molecule has 2 amide bonds. The van der Waals surface area contributed by atoms with E-state index in [1.807, 2.05) is 0 Å². The van der Waals surface area contributed by atoms with Crippen LogP contribution in [0.4, 0.5) is 0 Å². The van der Waals surface area contributed by atoms with Crippen LogP contribution in [0.15, 0.2) is 16.8 Å². The van der Waals surface area contributed by atoms with E-state index in [1.54, 1.807) is 30.7 Å². The predicted molar refractivity (Wildman–Crippen MR) is 99.6 cm³/mol. The van der Waals surface area contributed by atoms with Crippen LogP contribution >= 0.6 is 30.7 Å². The van der Waals surface area contributed by atoms with Gasteiger partial charge in [-0.1, -0.05) is 0 Å². The lowest BCUT2D eigenvalue weighted by atomic mass is 9.99. The number of thioether (sulfide) groups is 1. The molecule has 0 aliphatic carbocycles. The first-order chi connectivity index (χ1) is 12.5. The van der Waals surface area contributed by atoms with Gasteiger partial charge in [-0.25, -0.2) is 0 Å². The van der Waals surface area contributed by atoms with Crippen molar-refractivity contribution in [1.29, 1.82) is 0 Å². The van der Waals surface area contributed by atoms with Crippen molar-refractivity contribution in [2.75, 3.05) is 7.11 Å². The number of carboxylic acid groups (broad SMARTS) is 1. The second kappa shape index (κ2) is 6.89. The Morgan fingerprint density at radius 3 is 2.63 bits per heavy atom. The SMILES string of the molecule is COP(=O)(O)C1N2C(=O)C(NC(=O)C(C(=O)O)c3ccsc3)[C@@H]2SC1(C)C. The highest BCUT2D eigenvalue weighted by Gasteiger charge is 2.67. The van der Waals surface area contributed by atoms with Crippen LogP contribution < -0.4 is 5.32 Å². The average Bonchev–Trinajstić information content (AvgIpc) is 3.17. The van der Waals surface area contributed by atoms with E-state index in [0.717, 1.165) is 7.11 Å². The minimum atomic E-state index is -4.08. The predicted octanol–water partition coefficient (Wildman–Crippen LogP) is 1.25. The number of nitrogens with zero attached hydrogens (tertiary/aromatic N) is 1. The van der Waals surface area contributed by atoms with Gasteiger partial charge in [0.05, 0.1) is 0 Å². The van der Waals surface area contributed by atoms with E-state index < -0.39 is 53.2 Å². The van der Waals surface area contributed by atoms with Gasteiger partial charge in [-0.2, -0.15) is 11.3 Å². The average molecular weight is 434 g/mol. The second-order valence-electron chi connectivity index (χ2n) is 6.79. The maximum absolute atomic E-state index is 12.6. The number of hydrogen-bond acceptors (Lipinski definition) is 7. The van der Waals surface area contributed by atoms with E-state index in [4.69, 9.17) is 4.52 Å². The normalized spacial score (nSPS) is 29.4. The van der Waals surface area contributed by atoms with Crippen LogP contribution in [0.25, 0.3) is 0 Å². The third kappa shape index (κ3) is 3.31. The number of rotatable bonds is 6. The number of hydrogen-bond donors (Lipinski definition) is 3. The summed E-state index contributed by atoms with van der Waals surface area (Å²) in [6.45, 7) is 3.44. The van der Waals surface area contributed by atoms with Gasteiger partial charge in [0.25, 0.3) is 0 Å². The summed E-state index contributed by atoms with van der Waals surface area (Å²) in [5, 5.41) is 14.6. The summed E-state index contributed by atoms with van der Waals surface area (Å²) < 4.78 is 16.3. The van der Waals surface area contributed by atoms with Crippen LogP contribution in [0, 0.1) is 0 Å². The summed E-state index contributed by atoms with van der Waals surface area (Å²) in [5.41, 5.74) is 0.338. The number of thiophene rings is 1. The molecular weight excluding hydrogens is 415 g/mol. The fourth-order valence-corrected chi connectivity index (χ4v) is 7.88. The molecule has 9 nitrogen and oxygen atoms in total. The summed E-state index contributed by atoms with van der Waals surface area (Å²) in [6, 6.07) is 0.589. The highest BCUT2D eigenvalue weighted by molar-refractivity contribution is 8.02. The highest BCUT2D eigenvalue weighted by Crippen LogP contribution is 2.64. The fourth-order valence-electron chi connectivity index (χ4n) is 3.44. The first-order valence-electron chi connectivity index (χ1n) is 7.94. The van der Waals surface area contributed by atoms with Gasteiger partial charge < -0.3 is 24.7 Å². The molecule has 0 spiro atoms. The lowest BCUT2D eigenvalue weighted by molar-refractivity contribution is -0.152. The standard InChI is InChI=1S/C15H19N2O7PS2/c1-15(2)14(25(22,23)24-3)17-11(19)9(12(17)27-15)16-10(18)8(13(20)21)7-4-5-26-6-7/h4-6,8-9,12,14H,1-3H3,(H,16,18)(H,20,21)(H,22,23)/t8?,9?,12-,14?/m0/s1. The number of amides is 2. The molecule has 3 heterocycles. The zero-order valence-electron chi connectivity index (χ0n) is 14.7. The van der Waals surface area contributed by atoms with Crippen LogP contribution in [0.2, 0.25) is 0 Å². The van der Waals surface area contributed by atoms with Gasteiger partial charge in [-0.05, 0) is 36.2 Å². The van der Waals surface area contributed by atoms with Gasteiger partial charge in [0.2, 0.25) is 11.8 Å².